The molecule has 2 nitrogen and oxygen atoms in total. The van der Waals surface area contributed by atoms with Crippen LogP contribution in [0.25, 0.3) is 0 Å². The molecule has 0 amide bonds. The van der Waals surface area contributed by atoms with Crippen molar-refractivity contribution in [1.82, 2.24) is 0 Å². The Morgan fingerprint density at radius 2 is 1.85 bits per heavy atom. The Hall–Kier alpha value is -1.23. The first-order valence-corrected chi connectivity index (χ1v) is 7.76. The molecule has 3 atom stereocenters. The molecule has 0 radical (unpaired) electrons. The van der Waals surface area contributed by atoms with Gasteiger partial charge in [-0.1, -0.05) is 41.9 Å². The Balaban J connectivity index is 2.22. The monoisotopic (exact) mass is 311 g/mol. The molecule has 0 fully saturated rings. The summed E-state index contributed by atoms with van der Waals surface area (Å²) in [5, 5.41) is -0.338. The lowest BCUT2D eigenvalue weighted by Gasteiger charge is -2.20. The van der Waals surface area contributed by atoms with Gasteiger partial charge in [0.2, 0.25) is 0 Å². The van der Waals surface area contributed by atoms with Crippen LogP contribution in [0.15, 0.2) is 53.4 Å². The summed E-state index contributed by atoms with van der Waals surface area (Å²) in [7, 11) is -1.35. The Labute approximate surface area is 125 Å². The minimum atomic E-state index is -1.35. The lowest BCUT2D eigenvalue weighted by Crippen LogP contribution is -2.27. The van der Waals surface area contributed by atoms with Gasteiger partial charge in [-0.25, -0.2) is 4.39 Å². The minimum absolute atomic E-state index is 0.0312. The van der Waals surface area contributed by atoms with Crippen LogP contribution in [0.3, 0.4) is 0 Å². The molecule has 3 unspecified atom stereocenters. The largest absolute Gasteiger partial charge is 0.323 e. The van der Waals surface area contributed by atoms with Gasteiger partial charge in [0, 0.05) is 10.9 Å². The van der Waals surface area contributed by atoms with Crippen molar-refractivity contribution in [2.24, 2.45) is 5.73 Å². The van der Waals surface area contributed by atoms with E-state index in [1.54, 1.807) is 0 Å². The van der Waals surface area contributed by atoms with E-state index in [1.807, 2.05) is 37.3 Å². The molecule has 2 rings (SSSR count). The van der Waals surface area contributed by atoms with Gasteiger partial charge in [0.15, 0.2) is 0 Å². The van der Waals surface area contributed by atoms with Crippen molar-refractivity contribution in [2.75, 3.05) is 0 Å². The number of benzene rings is 2. The molecule has 2 aromatic rings. The van der Waals surface area contributed by atoms with E-state index in [4.69, 9.17) is 17.3 Å². The minimum Gasteiger partial charge on any atom is -0.323 e. The fourth-order valence-electron chi connectivity index (χ4n) is 1.90. The third-order valence-corrected chi connectivity index (χ3v) is 5.13. The predicted octanol–water partition coefficient (Wildman–Crippen LogP) is 3.68. The van der Waals surface area contributed by atoms with Gasteiger partial charge >= 0.3 is 0 Å². The molecule has 0 bridgehead atoms. The zero-order valence-corrected chi connectivity index (χ0v) is 12.5. The smallest absolute Gasteiger partial charge is 0.141 e. The maximum Gasteiger partial charge on any atom is 0.141 e. The molecule has 5 heteroatoms. The number of halogens is 2. The zero-order valence-electron chi connectivity index (χ0n) is 10.9. The SMILES string of the molecule is CC(C(N)c1ccccc1)S(=O)c1ccc(F)c(Cl)c1. The van der Waals surface area contributed by atoms with E-state index in [9.17, 15) is 8.60 Å². The van der Waals surface area contributed by atoms with Crippen LogP contribution in [-0.4, -0.2) is 9.46 Å². The quantitative estimate of drug-likeness (QED) is 0.936. The molecule has 0 spiro atoms. The first-order chi connectivity index (χ1) is 9.50. The maximum atomic E-state index is 13.1. The summed E-state index contributed by atoms with van der Waals surface area (Å²) in [6.07, 6.45) is 0. The molecule has 2 aromatic carbocycles. The second kappa shape index (κ2) is 6.48. The summed E-state index contributed by atoms with van der Waals surface area (Å²) in [6.45, 7) is 1.81. The lowest BCUT2D eigenvalue weighted by molar-refractivity contribution is 0.625. The highest BCUT2D eigenvalue weighted by Crippen LogP contribution is 2.25. The Morgan fingerprint density at radius 3 is 2.45 bits per heavy atom. The molecular weight excluding hydrogens is 297 g/mol. The molecule has 0 aliphatic rings. The average molecular weight is 312 g/mol. The fraction of sp³-hybridized carbons (Fsp3) is 0.200. The number of hydrogen-bond acceptors (Lipinski definition) is 2. The van der Waals surface area contributed by atoms with E-state index in [1.165, 1.54) is 18.2 Å². The third-order valence-electron chi connectivity index (χ3n) is 3.15. The van der Waals surface area contributed by atoms with E-state index in [-0.39, 0.29) is 16.3 Å². The summed E-state index contributed by atoms with van der Waals surface area (Å²) < 4.78 is 25.6. The van der Waals surface area contributed by atoms with Gasteiger partial charge in [-0.3, -0.25) is 4.21 Å². The van der Waals surface area contributed by atoms with Gasteiger partial charge in [0.1, 0.15) is 5.82 Å². The molecule has 106 valence electrons. The molecular formula is C15H15ClFNOS. The maximum absolute atomic E-state index is 13.1. The van der Waals surface area contributed by atoms with Gasteiger partial charge in [0.25, 0.3) is 0 Å². The average Bonchev–Trinajstić information content (AvgIpc) is 2.48. The highest BCUT2D eigenvalue weighted by Gasteiger charge is 2.22. The number of rotatable bonds is 4. The van der Waals surface area contributed by atoms with Crippen LogP contribution < -0.4 is 5.73 Å². The van der Waals surface area contributed by atoms with E-state index < -0.39 is 16.6 Å². The van der Waals surface area contributed by atoms with Crippen molar-refractivity contribution in [3.63, 3.8) is 0 Å². The van der Waals surface area contributed by atoms with Crippen LogP contribution in [0.5, 0.6) is 0 Å². The second-order valence-electron chi connectivity index (χ2n) is 4.51. The van der Waals surface area contributed by atoms with E-state index in [2.05, 4.69) is 0 Å². The van der Waals surface area contributed by atoms with Crippen molar-refractivity contribution >= 4 is 22.4 Å². The first-order valence-electron chi connectivity index (χ1n) is 6.17. The van der Waals surface area contributed by atoms with Gasteiger partial charge in [-0.15, -0.1) is 0 Å². The third kappa shape index (κ3) is 3.26. The Bertz CT molecular complexity index is 621. The summed E-state index contributed by atoms with van der Waals surface area (Å²) in [4.78, 5) is 0.482. The van der Waals surface area contributed by atoms with Crippen molar-refractivity contribution in [3.8, 4) is 0 Å². The molecule has 0 aromatic heterocycles. The van der Waals surface area contributed by atoms with E-state index in [0.717, 1.165) is 5.56 Å². The molecule has 0 saturated carbocycles. The summed E-state index contributed by atoms with van der Waals surface area (Å²) in [5.41, 5.74) is 7.06. The Kier molecular flexibility index (Phi) is 4.91. The Morgan fingerprint density at radius 1 is 1.20 bits per heavy atom. The molecule has 0 saturated heterocycles. The van der Waals surface area contributed by atoms with Gasteiger partial charge in [-0.2, -0.15) is 0 Å². The summed E-state index contributed by atoms with van der Waals surface area (Å²) in [6, 6.07) is 13.2. The number of hydrogen-bond donors (Lipinski definition) is 1. The van der Waals surface area contributed by atoms with Crippen LogP contribution in [0, 0.1) is 5.82 Å². The highest BCUT2D eigenvalue weighted by atomic mass is 35.5. The standard InChI is InChI=1S/C15H15ClFNOS/c1-10(15(18)11-5-3-2-4-6-11)20(19)12-7-8-14(17)13(16)9-12/h2-10,15H,18H2,1H3. The molecule has 20 heavy (non-hydrogen) atoms. The van der Waals surface area contributed by atoms with Gasteiger partial charge in [0.05, 0.1) is 21.1 Å². The molecule has 0 aliphatic carbocycles. The van der Waals surface area contributed by atoms with Crippen LogP contribution in [0.1, 0.15) is 18.5 Å². The van der Waals surface area contributed by atoms with E-state index in [0.29, 0.717) is 4.90 Å². The first kappa shape index (κ1) is 15.2. The number of nitrogens with two attached hydrogens (primary N) is 1. The van der Waals surface area contributed by atoms with Crippen molar-refractivity contribution < 1.29 is 8.60 Å². The fourth-order valence-corrected chi connectivity index (χ4v) is 3.43. The second-order valence-corrected chi connectivity index (χ2v) is 6.73. The zero-order chi connectivity index (χ0) is 14.7. The van der Waals surface area contributed by atoms with Gasteiger partial charge < -0.3 is 5.73 Å². The van der Waals surface area contributed by atoms with Crippen molar-refractivity contribution in [2.45, 2.75) is 23.1 Å². The topological polar surface area (TPSA) is 43.1 Å². The summed E-state index contributed by atoms with van der Waals surface area (Å²) >= 11 is 5.72. The van der Waals surface area contributed by atoms with Crippen LogP contribution in [-0.2, 0) is 10.8 Å². The van der Waals surface area contributed by atoms with Crippen molar-refractivity contribution in [3.05, 3.63) is 64.9 Å². The van der Waals surface area contributed by atoms with Crippen molar-refractivity contribution in [1.29, 1.82) is 0 Å². The van der Waals surface area contributed by atoms with Crippen LogP contribution in [0.2, 0.25) is 5.02 Å². The van der Waals surface area contributed by atoms with Crippen LogP contribution >= 0.6 is 11.6 Å². The molecule has 0 aliphatic heterocycles. The normalized spacial score (nSPS) is 15.6. The predicted molar refractivity (Wildman–Crippen MR) is 80.7 cm³/mol. The van der Waals surface area contributed by atoms with Gasteiger partial charge in [-0.05, 0) is 30.7 Å². The lowest BCUT2D eigenvalue weighted by atomic mass is 10.1. The molecule has 0 heterocycles. The molecule has 2 N–H and O–H groups in total. The van der Waals surface area contributed by atoms with E-state index >= 15 is 0 Å². The highest BCUT2D eigenvalue weighted by molar-refractivity contribution is 7.85. The van der Waals surface area contributed by atoms with Crippen LogP contribution in [0.4, 0.5) is 4.39 Å². The summed E-state index contributed by atoms with van der Waals surface area (Å²) in [5.74, 6) is -0.521.